The first kappa shape index (κ1) is 31.7. The van der Waals surface area contributed by atoms with E-state index in [1.807, 2.05) is 18.2 Å². The summed E-state index contributed by atoms with van der Waals surface area (Å²) >= 11 is 0. The lowest BCUT2D eigenvalue weighted by Crippen LogP contribution is -2.35. The predicted octanol–water partition coefficient (Wildman–Crippen LogP) is 3.61. The molecule has 2 aliphatic rings. The van der Waals surface area contributed by atoms with Crippen LogP contribution < -0.4 is 4.74 Å². The van der Waals surface area contributed by atoms with Gasteiger partial charge in [-0.2, -0.15) is 30.6 Å². The molecule has 1 saturated heterocycles. The summed E-state index contributed by atoms with van der Waals surface area (Å²) in [6, 6.07) is 8.83. The molecule has 0 radical (unpaired) electrons. The predicted molar refractivity (Wildman–Crippen MR) is 120 cm³/mol. The molecule has 3 heterocycles. The summed E-state index contributed by atoms with van der Waals surface area (Å²) < 4.78 is 96.8. The Hall–Kier alpha value is -3.47. The van der Waals surface area contributed by atoms with E-state index in [4.69, 9.17) is 24.5 Å². The maximum atomic E-state index is 12.9. The highest BCUT2D eigenvalue weighted by atomic mass is 32.2. The highest BCUT2D eigenvalue weighted by molar-refractivity contribution is 7.89. The van der Waals surface area contributed by atoms with Crippen LogP contribution in [0.25, 0.3) is 0 Å². The van der Waals surface area contributed by atoms with Crippen molar-refractivity contribution in [1.29, 1.82) is 0 Å². The molecule has 0 bridgehead atoms. The number of carboxylic acids is 2. The number of nitrogens with zero attached hydrogens (tertiary/aromatic N) is 3. The summed E-state index contributed by atoms with van der Waals surface area (Å²) in [5.74, 6) is -4.58. The smallest absolute Gasteiger partial charge is 0.477 e. The third kappa shape index (κ3) is 8.77. The average Bonchev–Trinajstić information content (AvgIpc) is 3.42. The van der Waals surface area contributed by atoms with Gasteiger partial charge in [-0.25, -0.2) is 23.0 Å². The summed E-state index contributed by atoms with van der Waals surface area (Å²) in [6.07, 6.45) is -2.31. The van der Waals surface area contributed by atoms with Crippen LogP contribution in [0.15, 0.2) is 53.8 Å². The van der Waals surface area contributed by atoms with Crippen LogP contribution in [0.1, 0.15) is 19.3 Å². The fourth-order valence-corrected chi connectivity index (χ4v) is 5.63. The highest BCUT2D eigenvalue weighted by Gasteiger charge is 2.53. The van der Waals surface area contributed by atoms with E-state index in [1.54, 1.807) is 28.8 Å². The van der Waals surface area contributed by atoms with Crippen molar-refractivity contribution in [3.05, 3.63) is 48.9 Å². The molecule has 216 valence electrons. The lowest BCUT2D eigenvalue weighted by atomic mass is 9.82. The number of aromatic nitrogens is 2. The van der Waals surface area contributed by atoms with E-state index in [1.165, 1.54) is 6.20 Å². The van der Waals surface area contributed by atoms with E-state index in [0.717, 1.165) is 19.3 Å². The average molecular weight is 587 g/mol. The second kappa shape index (κ2) is 12.6. The Morgan fingerprint density at radius 2 is 1.64 bits per heavy atom. The quantitative estimate of drug-likeness (QED) is 0.501. The van der Waals surface area contributed by atoms with E-state index in [-0.39, 0.29) is 10.3 Å². The molecule has 10 nitrogen and oxygen atoms in total. The van der Waals surface area contributed by atoms with Crippen LogP contribution in [0.3, 0.4) is 0 Å². The van der Waals surface area contributed by atoms with Crippen molar-refractivity contribution in [1.82, 2.24) is 14.3 Å². The minimum atomic E-state index is -5.08. The van der Waals surface area contributed by atoms with Crippen molar-refractivity contribution < 1.29 is 59.3 Å². The number of ether oxygens (including phenoxy) is 1. The van der Waals surface area contributed by atoms with Gasteiger partial charge in [-0.15, -0.1) is 0 Å². The molecule has 39 heavy (non-hydrogen) atoms. The maximum absolute atomic E-state index is 12.9. The van der Waals surface area contributed by atoms with Crippen molar-refractivity contribution in [2.45, 2.75) is 36.5 Å². The van der Waals surface area contributed by atoms with Crippen molar-refractivity contribution in [2.24, 2.45) is 11.3 Å². The van der Waals surface area contributed by atoms with Crippen molar-refractivity contribution in [2.75, 3.05) is 19.7 Å². The van der Waals surface area contributed by atoms with Gasteiger partial charge in [0.1, 0.15) is 4.90 Å². The normalized spacial score (nSPS) is 21.0. The summed E-state index contributed by atoms with van der Waals surface area (Å²) in [6.45, 7) is 1.57. The molecule has 2 N–H and O–H groups in total. The fourth-order valence-electron chi connectivity index (χ4n) is 4.08. The van der Waals surface area contributed by atoms with Crippen LogP contribution in [0, 0.1) is 11.3 Å². The second-order valence-electron chi connectivity index (χ2n) is 8.50. The van der Waals surface area contributed by atoms with Crippen molar-refractivity contribution in [3.63, 3.8) is 0 Å². The number of alkyl halides is 6. The molecule has 0 amide bonds. The number of aliphatic carboxylic acids is 2. The van der Waals surface area contributed by atoms with E-state index >= 15 is 0 Å². The monoisotopic (exact) mass is 587 g/mol. The molecule has 1 saturated carbocycles. The third-order valence-corrected chi connectivity index (χ3v) is 7.71. The van der Waals surface area contributed by atoms with Crippen molar-refractivity contribution in [3.8, 4) is 5.88 Å². The van der Waals surface area contributed by atoms with Crippen LogP contribution in [-0.4, -0.2) is 76.9 Å². The van der Waals surface area contributed by atoms with Gasteiger partial charge < -0.3 is 14.9 Å². The van der Waals surface area contributed by atoms with Gasteiger partial charge in [0, 0.05) is 43.2 Å². The number of halogens is 6. The van der Waals surface area contributed by atoms with Gasteiger partial charge in [0.05, 0.1) is 6.61 Å². The third-order valence-electron chi connectivity index (χ3n) is 5.91. The molecule has 2 fully saturated rings. The summed E-state index contributed by atoms with van der Waals surface area (Å²) in [5, 5.41) is 14.2. The first-order valence-electron chi connectivity index (χ1n) is 11.0. The highest BCUT2D eigenvalue weighted by Crippen LogP contribution is 2.50. The standard InChI is InChI=1S/C18H21N3O3S.2C2HF3O2/c22-25(23,16-6-4-9-19-11-16)21-12-15-5-3-8-18(15,13-21)14-24-17-7-1-2-10-20-17;2*3-2(4,5)1(6)7/h1-2,4,6-7,9-11,15H,3,5,8,12-14H2;2*(H,6,7)/t15-,18+;;/m1../s1. The number of pyridine rings is 2. The Balaban J connectivity index is 0.000000317. The molecule has 1 aliphatic heterocycles. The summed E-state index contributed by atoms with van der Waals surface area (Å²) in [5.41, 5.74) is -0.118. The van der Waals surface area contributed by atoms with Gasteiger partial charge in [-0.1, -0.05) is 12.5 Å². The Kier molecular flexibility index (Phi) is 10.2. The molecule has 2 aromatic rings. The molecule has 4 rings (SSSR count). The van der Waals surface area contributed by atoms with E-state index in [9.17, 15) is 34.8 Å². The lowest BCUT2D eigenvalue weighted by Gasteiger charge is -2.28. The summed E-state index contributed by atoms with van der Waals surface area (Å²) in [7, 11) is -3.50. The molecule has 0 aromatic carbocycles. The molecule has 0 unspecified atom stereocenters. The first-order chi connectivity index (χ1) is 18.0. The molecular formula is C22H23F6N3O7S. The number of fused-ring (bicyclic) bond motifs is 1. The van der Waals surface area contributed by atoms with E-state index < -0.39 is 34.3 Å². The molecule has 1 aliphatic carbocycles. The zero-order valence-corrected chi connectivity index (χ0v) is 20.7. The Bertz CT molecular complexity index is 1190. The number of hydrogen-bond acceptors (Lipinski definition) is 7. The number of carbonyl (C=O) groups is 2. The van der Waals surface area contributed by atoms with Crippen LogP contribution in [-0.2, 0) is 19.6 Å². The van der Waals surface area contributed by atoms with E-state index in [2.05, 4.69) is 9.97 Å². The SMILES string of the molecule is O=C(O)C(F)(F)F.O=C(O)C(F)(F)F.O=S(=O)(c1cccnc1)N1C[C@H]2CCC[C@@]2(COc2ccccn2)C1. The number of sulfonamides is 1. The fraction of sp³-hybridized carbons (Fsp3) is 0.455. The molecule has 0 spiro atoms. The van der Waals surface area contributed by atoms with Crippen molar-refractivity contribution >= 4 is 22.0 Å². The number of rotatable bonds is 5. The Labute approximate surface area is 218 Å². The minimum Gasteiger partial charge on any atom is -0.477 e. The Morgan fingerprint density at radius 3 is 2.13 bits per heavy atom. The molecule has 17 heteroatoms. The van der Waals surface area contributed by atoms with Gasteiger partial charge in [0.15, 0.2) is 0 Å². The van der Waals surface area contributed by atoms with Gasteiger partial charge in [0.25, 0.3) is 0 Å². The molecule has 2 atom stereocenters. The summed E-state index contributed by atoms with van der Waals surface area (Å²) in [4.78, 5) is 26.2. The Morgan fingerprint density at radius 1 is 1.03 bits per heavy atom. The maximum Gasteiger partial charge on any atom is 0.490 e. The van der Waals surface area contributed by atoms with Gasteiger partial charge in [-0.3, -0.25) is 4.98 Å². The second-order valence-corrected chi connectivity index (χ2v) is 10.4. The van der Waals surface area contributed by atoms with E-state index in [0.29, 0.717) is 31.5 Å². The minimum absolute atomic E-state index is 0.118. The number of carboxylic acid groups (broad SMARTS) is 2. The van der Waals surface area contributed by atoms with Gasteiger partial charge in [-0.05, 0) is 37.0 Å². The molecular weight excluding hydrogens is 564 g/mol. The van der Waals surface area contributed by atoms with Gasteiger partial charge in [0.2, 0.25) is 15.9 Å². The van der Waals surface area contributed by atoms with Gasteiger partial charge >= 0.3 is 24.3 Å². The first-order valence-corrected chi connectivity index (χ1v) is 12.5. The van der Waals surface area contributed by atoms with Crippen LogP contribution in [0.4, 0.5) is 26.3 Å². The van der Waals surface area contributed by atoms with Crippen LogP contribution >= 0.6 is 0 Å². The topological polar surface area (TPSA) is 147 Å². The zero-order chi connectivity index (χ0) is 29.5. The molecule has 2 aromatic heterocycles. The lowest BCUT2D eigenvalue weighted by molar-refractivity contribution is -0.193. The zero-order valence-electron chi connectivity index (χ0n) is 19.9. The van der Waals surface area contributed by atoms with Crippen LogP contribution in [0.2, 0.25) is 0 Å². The number of hydrogen-bond donors (Lipinski definition) is 2. The van der Waals surface area contributed by atoms with Crippen LogP contribution in [0.5, 0.6) is 5.88 Å². The largest absolute Gasteiger partial charge is 0.490 e.